The van der Waals surface area contributed by atoms with E-state index in [1.165, 1.54) is 14.0 Å². The Kier molecular flexibility index (Phi) is 15.1. The van der Waals surface area contributed by atoms with Crippen molar-refractivity contribution in [2.75, 3.05) is 21.2 Å². The van der Waals surface area contributed by atoms with Gasteiger partial charge in [-0.1, -0.05) is 27.7 Å². The Labute approximate surface area is 328 Å². The fourth-order valence-corrected chi connectivity index (χ4v) is 9.70. The van der Waals surface area contributed by atoms with E-state index in [1.807, 2.05) is 75.8 Å². The van der Waals surface area contributed by atoms with Crippen LogP contribution in [0.1, 0.15) is 101 Å². The zero-order valence-corrected chi connectivity index (χ0v) is 35.4. The number of likely N-dealkylation sites (N-methyl/N-ethyl adjacent to an activating group) is 1. The number of rotatable bonds is 8. The third-order valence-corrected chi connectivity index (χ3v) is 13.0. The minimum absolute atomic E-state index is 0.125. The summed E-state index contributed by atoms with van der Waals surface area (Å²) in [6, 6.07) is 3.05. The van der Waals surface area contributed by atoms with Gasteiger partial charge in [-0.2, -0.15) is 0 Å². The van der Waals surface area contributed by atoms with Gasteiger partial charge in [-0.05, 0) is 93.0 Å². The molecule has 14 nitrogen and oxygen atoms in total. The van der Waals surface area contributed by atoms with Gasteiger partial charge in [-0.3, -0.25) is 4.79 Å². The molecule has 55 heavy (non-hydrogen) atoms. The Morgan fingerprint density at radius 1 is 0.909 bits per heavy atom. The van der Waals surface area contributed by atoms with Crippen molar-refractivity contribution in [2.45, 2.75) is 185 Å². The highest BCUT2D eigenvalue weighted by molar-refractivity contribution is 5.73. The van der Waals surface area contributed by atoms with E-state index < -0.39 is 102 Å². The summed E-state index contributed by atoms with van der Waals surface area (Å²) in [5, 5.41) is 59.4. The van der Waals surface area contributed by atoms with Crippen LogP contribution in [0.5, 0.6) is 0 Å². The van der Waals surface area contributed by atoms with Crippen molar-refractivity contribution in [3.05, 3.63) is 24.5 Å². The van der Waals surface area contributed by atoms with Crippen molar-refractivity contribution in [1.82, 2.24) is 9.47 Å². The molecule has 0 spiro atoms. The first kappa shape index (κ1) is 46.0. The van der Waals surface area contributed by atoms with Gasteiger partial charge in [0.2, 0.25) is 0 Å². The number of nitrogens with zero attached hydrogens (tertiary/aromatic N) is 2. The molecule has 1 aromatic heterocycles. The van der Waals surface area contributed by atoms with Crippen molar-refractivity contribution in [1.29, 1.82) is 0 Å². The molecule has 3 saturated heterocycles. The first-order valence-corrected chi connectivity index (χ1v) is 20.2. The van der Waals surface area contributed by atoms with Crippen LogP contribution in [0, 0.1) is 23.7 Å². The highest BCUT2D eigenvalue weighted by atomic mass is 16.7. The molecule has 0 radical (unpaired) electrons. The molecule has 318 valence electrons. The number of esters is 1. The van der Waals surface area contributed by atoms with Gasteiger partial charge in [0.25, 0.3) is 0 Å². The highest BCUT2D eigenvalue weighted by Crippen LogP contribution is 2.43. The van der Waals surface area contributed by atoms with Crippen LogP contribution in [0.25, 0.3) is 0 Å². The third kappa shape index (κ3) is 9.79. The largest absolute Gasteiger partial charge is 0.459 e. The van der Waals surface area contributed by atoms with E-state index in [0.717, 1.165) is 0 Å². The molecular formula is C41H72N2O12. The molecular weight excluding hydrogens is 712 g/mol. The van der Waals surface area contributed by atoms with E-state index in [4.69, 9.17) is 28.4 Å². The number of hydrogen-bond donors (Lipinski definition) is 5. The number of ether oxygens (including phenoxy) is 6. The molecule has 3 aliphatic heterocycles. The number of hydrogen-bond acceptors (Lipinski definition) is 13. The van der Waals surface area contributed by atoms with Crippen LogP contribution in [0.2, 0.25) is 0 Å². The second kappa shape index (κ2) is 18.1. The summed E-state index contributed by atoms with van der Waals surface area (Å²) in [6.45, 7) is 17.7. The molecule has 3 aliphatic rings. The number of methoxy groups -OCH3 is 1. The first-order valence-electron chi connectivity index (χ1n) is 20.2. The maximum absolute atomic E-state index is 14.3. The fraction of sp³-hybridized carbons (Fsp3) is 0.878. The van der Waals surface area contributed by atoms with E-state index in [9.17, 15) is 30.3 Å². The van der Waals surface area contributed by atoms with Gasteiger partial charge >= 0.3 is 5.97 Å². The molecule has 1 aromatic rings. The average molecular weight is 785 g/mol. The maximum Gasteiger partial charge on any atom is 0.311 e. The number of aliphatic hydroxyl groups excluding tert-OH is 3. The second-order valence-electron chi connectivity index (χ2n) is 17.8. The van der Waals surface area contributed by atoms with Gasteiger partial charge < -0.3 is 63.4 Å². The second-order valence-corrected chi connectivity index (χ2v) is 17.8. The summed E-state index contributed by atoms with van der Waals surface area (Å²) in [4.78, 5) is 16.3. The van der Waals surface area contributed by atoms with Gasteiger partial charge in [-0.25, -0.2) is 0 Å². The molecule has 4 rings (SSSR count). The smallest absolute Gasteiger partial charge is 0.311 e. The van der Waals surface area contributed by atoms with E-state index in [-0.39, 0.29) is 37.3 Å². The van der Waals surface area contributed by atoms with Crippen molar-refractivity contribution < 1.29 is 58.7 Å². The number of cyclic esters (lactones) is 1. The Morgan fingerprint density at radius 2 is 1.53 bits per heavy atom. The van der Waals surface area contributed by atoms with Gasteiger partial charge in [-0.15, -0.1) is 0 Å². The molecule has 0 amide bonds. The summed E-state index contributed by atoms with van der Waals surface area (Å²) in [7, 11) is 5.28. The Hall–Kier alpha value is -1.69. The van der Waals surface area contributed by atoms with E-state index in [1.54, 1.807) is 34.6 Å². The topological polar surface area (TPSA) is 182 Å². The molecule has 3 fully saturated rings. The van der Waals surface area contributed by atoms with E-state index in [2.05, 4.69) is 0 Å². The van der Waals surface area contributed by atoms with Gasteiger partial charge in [0, 0.05) is 49.8 Å². The molecule has 14 heteroatoms. The van der Waals surface area contributed by atoms with Crippen LogP contribution >= 0.6 is 0 Å². The maximum atomic E-state index is 14.3. The van der Waals surface area contributed by atoms with Crippen LogP contribution in [0.4, 0.5) is 0 Å². The predicted molar refractivity (Wildman–Crippen MR) is 205 cm³/mol. The monoisotopic (exact) mass is 785 g/mol. The summed E-state index contributed by atoms with van der Waals surface area (Å²) in [5.74, 6) is -3.37. The lowest BCUT2D eigenvalue weighted by Gasteiger charge is -2.49. The lowest BCUT2D eigenvalue weighted by Crippen LogP contribution is -2.61. The van der Waals surface area contributed by atoms with E-state index >= 15 is 0 Å². The zero-order chi connectivity index (χ0) is 41.4. The van der Waals surface area contributed by atoms with Crippen LogP contribution in [-0.4, -0.2) is 146 Å². The molecule has 0 saturated carbocycles. The van der Waals surface area contributed by atoms with Crippen molar-refractivity contribution in [3.8, 4) is 0 Å². The van der Waals surface area contributed by atoms with E-state index in [0.29, 0.717) is 6.42 Å². The minimum Gasteiger partial charge on any atom is -0.459 e. The summed E-state index contributed by atoms with van der Waals surface area (Å²) < 4.78 is 39.8. The standard InChI is InChI=1S/C41H72N2O12/c1-14-29-41(10,49)34(45)24(4)31(43-17-15-16-18-43)22(2)20-39(8,48)36(55-38-32(44)28(42(11)12)19-23(3)51-38)25(5)33(26(6)37(47)53-29)54-30-21-40(9,50-13)35(46)27(7)52-30/h15-18,22-36,38,44-46,48-49H,14,19-21H2,1-13H3/t22-,23-,24+,25+,26-,27+,28+,29-,30+,31+,32-,33+,34-,35+,36-,38+,39-,40-,41-/m1/s1. The van der Waals surface area contributed by atoms with Crippen molar-refractivity contribution >= 4 is 5.97 Å². The van der Waals surface area contributed by atoms with Crippen molar-refractivity contribution in [2.24, 2.45) is 23.7 Å². The number of aliphatic hydroxyl groups is 5. The van der Waals surface area contributed by atoms with Gasteiger partial charge in [0.15, 0.2) is 12.6 Å². The summed E-state index contributed by atoms with van der Waals surface area (Å²) in [6.07, 6.45) is -4.77. The Morgan fingerprint density at radius 3 is 2.09 bits per heavy atom. The van der Waals surface area contributed by atoms with Crippen LogP contribution in [-0.2, 0) is 33.2 Å². The summed E-state index contributed by atoms with van der Waals surface area (Å²) >= 11 is 0. The fourth-order valence-electron chi connectivity index (χ4n) is 9.70. The summed E-state index contributed by atoms with van der Waals surface area (Å²) in [5.41, 5.74) is -4.52. The number of carbonyl (C=O) groups is 1. The Balaban J connectivity index is 1.88. The number of carbonyl (C=O) groups excluding carboxylic acids is 1. The molecule has 0 aliphatic carbocycles. The SMILES string of the molecule is CC[C@H]1OC(=O)[C@H](C)[C@@H](O[C@H]2C[C@@](C)(OC)[C@@H](O)[C@H](C)O2)[C@H](C)[C@@H](O[C@@H]2O[C@H](C)C[C@H](N(C)C)[C@H]2O)[C@](C)(O)C[C@@H](C)[C@H](n2cccc2)[C@H](C)[C@@H](O)[C@]1(C)O. The van der Waals surface area contributed by atoms with Crippen LogP contribution in [0.15, 0.2) is 24.5 Å². The first-order chi connectivity index (χ1) is 25.5. The van der Waals surface area contributed by atoms with Gasteiger partial charge in [0.05, 0.1) is 47.6 Å². The van der Waals surface area contributed by atoms with Crippen LogP contribution < -0.4 is 0 Å². The minimum atomic E-state index is -1.85. The molecule has 5 N–H and O–H groups in total. The lowest BCUT2D eigenvalue weighted by molar-refractivity contribution is -0.318. The van der Waals surface area contributed by atoms with Gasteiger partial charge in [0.1, 0.15) is 23.9 Å². The highest BCUT2D eigenvalue weighted by Gasteiger charge is 2.53. The molecule has 0 aromatic carbocycles. The number of aromatic nitrogens is 1. The lowest BCUT2D eigenvalue weighted by atomic mass is 9.72. The molecule has 4 heterocycles. The quantitative estimate of drug-likeness (QED) is 0.243. The third-order valence-electron chi connectivity index (χ3n) is 13.0. The van der Waals surface area contributed by atoms with Crippen molar-refractivity contribution in [3.63, 3.8) is 0 Å². The Bertz CT molecular complexity index is 1360. The predicted octanol–water partition coefficient (Wildman–Crippen LogP) is 3.26. The van der Waals surface area contributed by atoms with Crippen LogP contribution in [0.3, 0.4) is 0 Å². The normalized spacial score (nSPS) is 48.3. The zero-order valence-electron chi connectivity index (χ0n) is 35.4. The molecule has 0 bridgehead atoms. The molecule has 19 atom stereocenters. The average Bonchev–Trinajstić information content (AvgIpc) is 3.64. The molecule has 0 unspecified atom stereocenters.